The smallest absolute Gasteiger partial charge is 0.276 e. The molecule has 1 aliphatic rings. The van der Waals surface area contributed by atoms with Crippen LogP contribution in [0.3, 0.4) is 0 Å². The van der Waals surface area contributed by atoms with Gasteiger partial charge in [-0.3, -0.25) is 4.79 Å². The van der Waals surface area contributed by atoms with E-state index in [4.69, 9.17) is 9.26 Å². The summed E-state index contributed by atoms with van der Waals surface area (Å²) in [4.78, 5) is 19.8. The Kier molecular flexibility index (Phi) is 4.57. The molecule has 146 valence electrons. The summed E-state index contributed by atoms with van der Waals surface area (Å²) in [7, 11) is 0. The molecule has 1 amide bonds. The molecule has 0 radical (unpaired) electrons. The molecule has 0 saturated carbocycles. The van der Waals surface area contributed by atoms with E-state index in [1.54, 1.807) is 33.3 Å². The van der Waals surface area contributed by atoms with Crippen LogP contribution in [-0.4, -0.2) is 37.3 Å². The lowest BCUT2D eigenvalue weighted by Crippen LogP contribution is -2.35. The van der Waals surface area contributed by atoms with Crippen molar-refractivity contribution in [1.29, 1.82) is 0 Å². The zero-order valence-corrected chi connectivity index (χ0v) is 16.2. The van der Waals surface area contributed by atoms with E-state index < -0.39 is 0 Å². The molecule has 4 heterocycles. The lowest BCUT2D eigenvalue weighted by atomic mass is 10.1. The predicted molar refractivity (Wildman–Crippen MR) is 105 cm³/mol. The molecule has 0 aliphatic carbocycles. The summed E-state index contributed by atoms with van der Waals surface area (Å²) in [6, 6.07) is 11.2. The molecular weight excluding hydrogens is 390 g/mol. The molecular formula is C20H17N5O3S. The third kappa shape index (κ3) is 3.64. The Labute approximate surface area is 170 Å². The van der Waals surface area contributed by atoms with Crippen LogP contribution >= 0.6 is 11.3 Å². The monoisotopic (exact) mass is 407 g/mol. The highest BCUT2D eigenvalue weighted by atomic mass is 32.1. The SMILES string of the molecule is O=C(c1cc(COc2ccc(-n3cncn3)cc2)on1)N1CCc2sccc2C1. The normalized spacial score (nSPS) is 13.3. The molecule has 0 bridgehead atoms. The van der Waals surface area contributed by atoms with Gasteiger partial charge in [-0.25, -0.2) is 9.67 Å². The number of ether oxygens (including phenoxy) is 1. The molecule has 3 aromatic heterocycles. The second-order valence-corrected chi connectivity index (χ2v) is 7.65. The number of hydrogen-bond donors (Lipinski definition) is 0. The summed E-state index contributed by atoms with van der Waals surface area (Å²) in [6.07, 6.45) is 4.00. The maximum Gasteiger partial charge on any atom is 0.276 e. The minimum absolute atomic E-state index is 0.117. The summed E-state index contributed by atoms with van der Waals surface area (Å²) in [5.41, 5.74) is 2.41. The van der Waals surface area contributed by atoms with Crippen LogP contribution in [0, 0.1) is 0 Å². The summed E-state index contributed by atoms with van der Waals surface area (Å²) in [6.45, 7) is 1.51. The van der Waals surface area contributed by atoms with Crippen LogP contribution in [0.15, 0.2) is 59.0 Å². The van der Waals surface area contributed by atoms with Crippen molar-refractivity contribution in [2.24, 2.45) is 0 Å². The average Bonchev–Trinajstić information content (AvgIpc) is 3.53. The van der Waals surface area contributed by atoms with Crippen LogP contribution in [0.25, 0.3) is 5.69 Å². The first-order valence-electron chi connectivity index (χ1n) is 9.14. The Morgan fingerprint density at radius 1 is 1.24 bits per heavy atom. The molecule has 9 heteroatoms. The van der Waals surface area contributed by atoms with E-state index in [1.807, 2.05) is 24.3 Å². The number of benzene rings is 1. The number of hydrogen-bond acceptors (Lipinski definition) is 7. The van der Waals surface area contributed by atoms with Crippen molar-refractivity contribution in [1.82, 2.24) is 24.8 Å². The van der Waals surface area contributed by atoms with E-state index in [1.165, 1.54) is 16.8 Å². The summed E-state index contributed by atoms with van der Waals surface area (Å²) < 4.78 is 12.7. The number of aromatic nitrogens is 4. The summed E-state index contributed by atoms with van der Waals surface area (Å²) in [5.74, 6) is 1.06. The van der Waals surface area contributed by atoms with Gasteiger partial charge in [-0.15, -0.1) is 11.3 Å². The largest absolute Gasteiger partial charge is 0.486 e. The third-order valence-corrected chi connectivity index (χ3v) is 5.80. The maximum atomic E-state index is 12.7. The van der Waals surface area contributed by atoms with Gasteiger partial charge in [-0.05, 0) is 47.7 Å². The predicted octanol–water partition coefficient (Wildman–Crippen LogP) is 3.09. The molecule has 0 fully saturated rings. The van der Waals surface area contributed by atoms with Gasteiger partial charge in [0.2, 0.25) is 0 Å². The molecule has 1 aromatic carbocycles. The molecule has 29 heavy (non-hydrogen) atoms. The summed E-state index contributed by atoms with van der Waals surface area (Å²) >= 11 is 1.75. The van der Waals surface area contributed by atoms with Crippen LogP contribution in [0.2, 0.25) is 0 Å². The van der Waals surface area contributed by atoms with Crippen molar-refractivity contribution < 1.29 is 14.1 Å². The van der Waals surface area contributed by atoms with Gasteiger partial charge in [0, 0.05) is 24.0 Å². The Balaban J connectivity index is 1.20. The van der Waals surface area contributed by atoms with Gasteiger partial charge in [0.05, 0.1) is 5.69 Å². The van der Waals surface area contributed by atoms with E-state index in [9.17, 15) is 4.79 Å². The highest BCUT2D eigenvalue weighted by Gasteiger charge is 2.25. The Morgan fingerprint density at radius 3 is 2.97 bits per heavy atom. The van der Waals surface area contributed by atoms with E-state index in [2.05, 4.69) is 26.7 Å². The third-order valence-electron chi connectivity index (χ3n) is 4.77. The van der Waals surface area contributed by atoms with Crippen LogP contribution < -0.4 is 4.74 Å². The highest BCUT2D eigenvalue weighted by molar-refractivity contribution is 7.10. The molecule has 4 aromatic rings. The van der Waals surface area contributed by atoms with E-state index in [-0.39, 0.29) is 12.5 Å². The van der Waals surface area contributed by atoms with Gasteiger partial charge < -0.3 is 14.2 Å². The molecule has 0 atom stereocenters. The second kappa shape index (κ2) is 7.51. The van der Waals surface area contributed by atoms with Crippen LogP contribution in [-0.2, 0) is 19.6 Å². The Hall–Kier alpha value is -3.46. The summed E-state index contributed by atoms with van der Waals surface area (Å²) in [5, 5.41) is 10.1. The fourth-order valence-electron chi connectivity index (χ4n) is 3.26. The van der Waals surface area contributed by atoms with Gasteiger partial charge in [0.1, 0.15) is 25.0 Å². The lowest BCUT2D eigenvalue weighted by Gasteiger charge is -2.26. The fraction of sp³-hybridized carbons (Fsp3) is 0.200. The highest BCUT2D eigenvalue weighted by Crippen LogP contribution is 2.25. The van der Waals surface area contributed by atoms with Crippen LogP contribution in [0.1, 0.15) is 26.7 Å². The van der Waals surface area contributed by atoms with Crippen molar-refractivity contribution >= 4 is 17.2 Å². The first kappa shape index (κ1) is 17.6. The molecule has 0 N–H and O–H groups in total. The average molecular weight is 407 g/mol. The fourth-order valence-corrected chi connectivity index (χ4v) is 4.15. The van der Waals surface area contributed by atoms with Gasteiger partial charge in [-0.2, -0.15) is 5.10 Å². The standard InChI is InChI=1S/C20H17N5O3S/c26-20(24-7-5-19-14(10-24)6-8-29-19)18-9-17(28-23-18)11-27-16-3-1-15(2-4-16)25-13-21-12-22-25/h1-4,6,8-9,12-13H,5,7,10-11H2. The maximum absolute atomic E-state index is 12.7. The number of nitrogens with zero attached hydrogens (tertiary/aromatic N) is 5. The zero-order chi connectivity index (χ0) is 19.6. The number of carbonyl (C=O) groups excluding carboxylic acids is 1. The zero-order valence-electron chi connectivity index (χ0n) is 15.4. The first-order valence-corrected chi connectivity index (χ1v) is 10.0. The van der Waals surface area contributed by atoms with Crippen molar-refractivity contribution in [2.75, 3.05) is 6.54 Å². The van der Waals surface area contributed by atoms with Gasteiger partial charge in [0.25, 0.3) is 5.91 Å². The lowest BCUT2D eigenvalue weighted by molar-refractivity contribution is 0.0725. The molecule has 1 aliphatic heterocycles. The van der Waals surface area contributed by atoms with Gasteiger partial charge in [0.15, 0.2) is 11.5 Å². The number of amides is 1. The van der Waals surface area contributed by atoms with Crippen molar-refractivity contribution in [2.45, 2.75) is 19.6 Å². The number of rotatable bonds is 5. The van der Waals surface area contributed by atoms with Crippen molar-refractivity contribution in [3.63, 3.8) is 0 Å². The van der Waals surface area contributed by atoms with E-state index >= 15 is 0 Å². The molecule has 0 spiro atoms. The molecule has 8 nitrogen and oxygen atoms in total. The van der Waals surface area contributed by atoms with Crippen molar-refractivity contribution in [3.8, 4) is 11.4 Å². The molecule has 0 saturated heterocycles. The molecule has 5 rings (SSSR count). The quantitative estimate of drug-likeness (QED) is 0.505. The van der Waals surface area contributed by atoms with Gasteiger partial charge >= 0.3 is 0 Å². The first-order chi connectivity index (χ1) is 14.3. The number of thiophene rings is 1. The minimum Gasteiger partial charge on any atom is -0.486 e. The number of carbonyl (C=O) groups is 1. The van der Waals surface area contributed by atoms with E-state index in [0.29, 0.717) is 30.3 Å². The van der Waals surface area contributed by atoms with Crippen LogP contribution in [0.4, 0.5) is 0 Å². The second-order valence-electron chi connectivity index (χ2n) is 6.65. The van der Waals surface area contributed by atoms with Gasteiger partial charge in [-0.1, -0.05) is 5.16 Å². The molecule has 0 unspecified atom stereocenters. The topological polar surface area (TPSA) is 86.3 Å². The van der Waals surface area contributed by atoms with Crippen LogP contribution in [0.5, 0.6) is 5.75 Å². The Bertz CT molecular complexity index is 1120. The number of fused-ring (bicyclic) bond motifs is 1. The minimum atomic E-state index is -0.117. The van der Waals surface area contributed by atoms with E-state index in [0.717, 1.165) is 12.1 Å². The van der Waals surface area contributed by atoms with Crippen molar-refractivity contribution in [3.05, 3.63) is 76.3 Å². The Morgan fingerprint density at radius 2 is 2.14 bits per heavy atom.